The van der Waals surface area contributed by atoms with Crippen molar-refractivity contribution in [3.8, 4) is 0 Å². The number of aliphatic hydroxyl groups is 1. The van der Waals surface area contributed by atoms with Crippen LogP contribution in [0.1, 0.15) is 33.4 Å². The largest absolute Gasteiger partial charge is 0.477 e. The Kier molecular flexibility index (Phi) is 5.35. The van der Waals surface area contributed by atoms with E-state index in [-0.39, 0.29) is 23.6 Å². The number of rotatable bonds is 6. The summed E-state index contributed by atoms with van der Waals surface area (Å²) in [6, 6.07) is 0.0369. The molecule has 1 saturated heterocycles. The molecule has 3 aliphatic heterocycles. The molecule has 156 valence electrons. The number of aliphatic hydroxyl groups excluding tert-OH is 1. The van der Waals surface area contributed by atoms with Gasteiger partial charge < -0.3 is 20.4 Å². The Morgan fingerprint density at radius 1 is 1.41 bits per heavy atom. The van der Waals surface area contributed by atoms with Crippen LogP contribution in [0.4, 0.5) is 0 Å². The van der Waals surface area contributed by atoms with E-state index in [1.165, 1.54) is 28.0 Å². The molecular weight excluding hydrogens is 410 g/mol. The number of aromatic nitrogens is 1. The van der Waals surface area contributed by atoms with Crippen LogP contribution in [0.5, 0.6) is 0 Å². The van der Waals surface area contributed by atoms with Gasteiger partial charge in [-0.2, -0.15) is 0 Å². The number of nitrogens with one attached hydrogen (secondary N) is 1. The molecule has 4 heterocycles. The van der Waals surface area contributed by atoms with E-state index in [1.54, 1.807) is 6.92 Å². The summed E-state index contributed by atoms with van der Waals surface area (Å²) in [6.07, 6.45) is 1.42. The number of carboxylic acid groups (broad SMARTS) is 1. The smallest absolute Gasteiger partial charge is 0.353 e. The number of aliphatic carboxylic acids is 1. The fraction of sp³-hybridized carbons (Fsp3) is 0.550. The van der Waals surface area contributed by atoms with Crippen LogP contribution in [0.3, 0.4) is 0 Å². The van der Waals surface area contributed by atoms with Crippen molar-refractivity contribution < 1.29 is 19.8 Å². The number of carboxylic acids is 1. The first-order valence-electron chi connectivity index (χ1n) is 9.77. The monoisotopic (exact) mass is 435 g/mol. The fourth-order valence-corrected chi connectivity index (χ4v) is 6.48. The molecule has 0 aliphatic carbocycles. The van der Waals surface area contributed by atoms with E-state index in [4.69, 9.17) is 4.98 Å². The minimum absolute atomic E-state index is 0.0350. The molecule has 7 nitrogen and oxygen atoms in total. The molecule has 0 radical (unpaired) electrons. The predicted octanol–water partition coefficient (Wildman–Crippen LogP) is 2.40. The highest BCUT2D eigenvalue weighted by Crippen LogP contribution is 2.52. The molecule has 1 aromatic rings. The molecule has 0 spiro atoms. The van der Waals surface area contributed by atoms with Crippen LogP contribution in [0, 0.1) is 17.8 Å². The van der Waals surface area contributed by atoms with Gasteiger partial charge in [0.2, 0.25) is 5.91 Å². The summed E-state index contributed by atoms with van der Waals surface area (Å²) in [4.78, 5) is 31.0. The maximum atomic E-state index is 12.4. The molecule has 1 amide bonds. The van der Waals surface area contributed by atoms with Crippen LogP contribution < -0.4 is 5.32 Å². The maximum absolute atomic E-state index is 12.4. The van der Waals surface area contributed by atoms with Crippen molar-refractivity contribution in [2.45, 2.75) is 50.2 Å². The van der Waals surface area contributed by atoms with Crippen LogP contribution in [0.15, 0.2) is 26.4 Å². The van der Waals surface area contributed by atoms with Crippen LogP contribution in [0.25, 0.3) is 5.57 Å². The van der Waals surface area contributed by atoms with Gasteiger partial charge in [0.15, 0.2) is 4.34 Å². The SMILES string of the molecule is CC(C)C1C=C(c2csc(SC3=C(C(=O)O)N4C(=O)C(C(C)O)C4C3C)n2)CN1. The van der Waals surface area contributed by atoms with Gasteiger partial charge in [-0.15, -0.1) is 11.3 Å². The van der Waals surface area contributed by atoms with Crippen molar-refractivity contribution in [2.75, 3.05) is 6.54 Å². The Labute approximate surface area is 177 Å². The molecule has 29 heavy (non-hydrogen) atoms. The Morgan fingerprint density at radius 2 is 2.14 bits per heavy atom. The fourth-order valence-electron chi connectivity index (χ4n) is 4.37. The Bertz CT molecular complexity index is 921. The average molecular weight is 436 g/mol. The molecule has 0 saturated carbocycles. The molecule has 3 N–H and O–H groups in total. The first-order valence-corrected chi connectivity index (χ1v) is 11.5. The lowest BCUT2D eigenvalue weighted by atomic mass is 9.79. The summed E-state index contributed by atoms with van der Waals surface area (Å²) >= 11 is 2.81. The van der Waals surface area contributed by atoms with Gasteiger partial charge in [-0.05, 0) is 18.4 Å². The standard InChI is InChI=1S/C20H25N3O4S2/c1-8(2)12-5-11(6-21-12)13-7-28-20(22-13)29-17-9(3)15-14(10(4)24)18(25)23(15)16(17)19(26)27/h5,7-10,12,14-15,21,24H,6H2,1-4H3,(H,26,27). The van der Waals surface area contributed by atoms with Crippen molar-refractivity contribution in [2.24, 2.45) is 17.8 Å². The number of fused-ring (bicyclic) bond motifs is 1. The van der Waals surface area contributed by atoms with E-state index in [0.717, 1.165) is 22.2 Å². The van der Waals surface area contributed by atoms with Gasteiger partial charge in [0.1, 0.15) is 5.70 Å². The van der Waals surface area contributed by atoms with Crippen LogP contribution >= 0.6 is 23.1 Å². The number of amides is 1. The molecule has 4 rings (SSSR count). The topological polar surface area (TPSA) is 103 Å². The van der Waals surface area contributed by atoms with Crippen LogP contribution in [-0.2, 0) is 9.59 Å². The minimum atomic E-state index is -1.11. The number of thioether (sulfide) groups is 1. The molecule has 9 heteroatoms. The molecule has 1 aromatic heterocycles. The van der Waals surface area contributed by atoms with Gasteiger partial charge in [0.05, 0.1) is 23.8 Å². The summed E-state index contributed by atoms with van der Waals surface area (Å²) < 4.78 is 0.762. The van der Waals surface area contributed by atoms with Crippen molar-refractivity contribution in [1.29, 1.82) is 0 Å². The molecule has 5 atom stereocenters. The molecule has 0 aromatic carbocycles. The van der Waals surface area contributed by atoms with Crippen molar-refractivity contribution in [3.63, 3.8) is 0 Å². The van der Waals surface area contributed by atoms with Gasteiger partial charge in [-0.3, -0.25) is 4.79 Å². The molecule has 0 bridgehead atoms. The van der Waals surface area contributed by atoms with E-state index in [0.29, 0.717) is 16.9 Å². The summed E-state index contributed by atoms with van der Waals surface area (Å²) in [7, 11) is 0. The quantitative estimate of drug-likeness (QED) is 0.590. The van der Waals surface area contributed by atoms with E-state index in [1.807, 2.05) is 12.3 Å². The number of β-lactam (4-membered cyclic amide) rings is 1. The number of carbonyl (C=O) groups is 2. The van der Waals surface area contributed by atoms with Gasteiger partial charge in [0.25, 0.3) is 0 Å². The summed E-state index contributed by atoms with van der Waals surface area (Å²) in [5.74, 6) is -1.63. The van der Waals surface area contributed by atoms with Gasteiger partial charge >= 0.3 is 5.97 Å². The lowest BCUT2D eigenvalue weighted by molar-refractivity contribution is -0.163. The number of nitrogens with zero attached hydrogens (tertiary/aromatic N) is 2. The maximum Gasteiger partial charge on any atom is 0.353 e. The second-order valence-corrected chi connectivity index (χ2v) is 10.4. The second-order valence-electron chi connectivity index (χ2n) is 8.22. The van der Waals surface area contributed by atoms with E-state index in [9.17, 15) is 19.8 Å². The first kappa shape index (κ1) is 20.6. The molecule has 1 fully saturated rings. The zero-order valence-corrected chi connectivity index (χ0v) is 18.4. The molecule has 5 unspecified atom stereocenters. The second kappa shape index (κ2) is 7.54. The Balaban J connectivity index is 1.58. The van der Waals surface area contributed by atoms with E-state index >= 15 is 0 Å². The Morgan fingerprint density at radius 3 is 2.72 bits per heavy atom. The van der Waals surface area contributed by atoms with E-state index in [2.05, 4.69) is 25.2 Å². The number of thiazole rings is 1. The summed E-state index contributed by atoms with van der Waals surface area (Å²) in [5.41, 5.74) is 2.11. The Hall–Kier alpha value is -1.68. The van der Waals surface area contributed by atoms with Crippen molar-refractivity contribution in [1.82, 2.24) is 15.2 Å². The average Bonchev–Trinajstić information content (AvgIpc) is 3.33. The zero-order chi connectivity index (χ0) is 21.0. The highest BCUT2D eigenvalue weighted by molar-refractivity contribution is 8.04. The van der Waals surface area contributed by atoms with Gasteiger partial charge in [0, 0.05) is 28.8 Å². The van der Waals surface area contributed by atoms with Crippen molar-refractivity contribution in [3.05, 3.63) is 27.8 Å². The van der Waals surface area contributed by atoms with Crippen molar-refractivity contribution >= 4 is 40.5 Å². The minimum Gasteiger partial charge on any atom is -0.477 e. The van der Waals surface area contributed by atoms with Crippen LogP contribution in [-0.4, -0.2) is 56.7 Å². The van der Waals surface area contributed by atoms with Crippen LogP contribution in [0.2, 0.25) is 0 Å². The van der Waals surface area contributed by atoms with Gasteiger partial charge in [-0.25, -0.2) is 9.78 Å². The first-order chi connectivity index (χ1) is 13.7. The molecular formula is C20H25N3O4S2. The third-order valence-electron chi connectivity index (χ3n) is 5.95. The van der Waals surface area contributed by atoms with E-state index < -0.39 is 18.0 Å². The van der Waals surface area contributed by atoms with Gasteiger partial charge in [-0.1, -0.05) is 38.6 Å². The zero-order valence-electron chi connectivity index (χ0n) is 16.7. The predicted molar refractivity (Wildman–Crippen MR) is 112 cm³/mol. The lowest BCUT2D eigenvalue weighted by Crippen LogP contribution is -2.63. The summed E-state index contributed by atoms with van der Waals surface area (Å²) in [5, 5.41) is 25.2. The third-order valence-corrected chi connectivity index (χ3v) is 8.17. The number of hydrogen-bond donors (Lipinski definition) is 3. The highest BCUT2D eigenvalue weighted by atomic mass is 32.2. The third kappa shape index (κ3) is 3.34. The normalized spacial score (nSPS) is 29.9. The number of hydrogen-bond acceptors (Lipinski definition) is 7. The molecule has 3 aliphatic rings. The number of carbonyl (C=O) groups excluding carboxylic acids is 1. The highest BCUT2D eigenvalue weighted by Gasteiger charge is 2.60. The lowest BCUT2D eigenvalue weighted by Gasteiger charge is -2.46. The summed E-state index contributed by atoms with van der Waals surface area (Å²) in [6.45, 7) is 8.62.